The molecule has 2 fully saturated rings. The van der Waals surface area contributed by atoms with E-state index in [4.69, 9.17) is 11.6 Å². The van der Waals surface area contributed by atoms with Gasteiger partial charge in [-0.1, -0.05) is 60.9 Å². The smallest absolute Gasteiger partial charge is 0.254 e. The van der Waals surface area contributed by atoms with Crippen molar-refractivity contribution in [2.24, 2.45) is 11.8 Å². The predicted molar refractivity (Wildman–Crippen MR) is 154 cm³/mol. The van der Waals surface area contributed by atoms with Gasteiger partial charge in [0.15, 0.2) is 0 Å². The van der Waals surface area contributed by atoms with E-state index in [-0.39, 0.29) is 29.7 Å². The van der Waals surface area contributed by atoms with E-state index in [1.165, 1.54) is 25.7 Å². The fourth-order valence-corrected chi connectivity index (χ4v) is 6.43. The highest BCUT2D eigenvalue weighted by Crippen LogP contribution is 2.36. The molecular formula is C32H38ClN3O2. The molecule has 0 radical (unpaired) electrons. The number of aryl methyl sites for hydroxylation is 2. The molecule has 1 saturated heterocycles. The Bertz CT molecular complexity index is 1250. The molecule has 38 heavy (non-hydrogen) atoms. The molecule has 3 atom stereocenters. The largest absolute Gasteiger partial charge is 0.383 e. The molecule has 2 aromatic rings. The third-order valence-electron chi connectivity index (χ3n) is 8.40. The van der Waals surface area contributed by atoms with E-state index < -0.39 is 0 Å². The molecule has 5 nitrogen and oxygen atoms in total. The zero-order valence-electron chi connectivity index (χ0n) is 22.4. The number of carbonyl (C=O) groups excluding carboxylic acids is 2. The quantitative estimate of drug-likeness (QED) is 0.430. The van der Waals surface area contributed by atoms with Gasteiger partial charge in [-0.2, -0.15) is 0 Å². The van der Waals surface area contributed by atoms with Crippen LogP contribution in [0.3, 0.4) is 0 Å². The third-order valence-corrected chi connectivity index (χ3v) is 8.80. The lowest BCUT2D eigenvalue weighted by atomic mass is 9.77. The van der Waals surface area contributed by atoms with Crippen LogP contribution in [0.4, 0.5) is 5.69 Å². The summed E-state index contributed by atoms with van der Waals surface area (Å²) < 4.78 is 0. The van der Waals surface area contributed by atoms with Crippen LogP contribution in [-0.4, -0.2) is 35.3 Å². The number of allylic oxidation sites excluding steroid dienone is 2. The standard InChI is InChI=1S/C32H38ClN3O2/c1-21-8-3-6-11-27(21)32(38)36-19-7-12-28(31(37)35-26-16-13-22(2)29(33)20-26)30(36)23-14-17-25(18-15-23)34-24-9-4-5-10-24/h3,6,8,11,13-14,16-18,20,23-24,28,30,34H,4-5,7,9-10,12,15,19H2,1-2H3,(H,35,37)/t23-,28?,30?/m1/s1. The SMILES string of the molecule is Cc1ccc(NC(=O)C2CCCN(C(=O)c3ccccc3C)C2[C@@H]2C=CC(NC3CCCC3)=CC2)cc1Cl. The number of anilines is 1. The predicted octanol–water partition coefficient (Wildman–Crippen LogP) is 6.81. The number of nitrogens with one attached hydrogen (secondary N) is 2. The van der Waals surface area contributed by atoms with Crippen molar-refractivity contribution in [1.82, 2.24) is 10.2 Å². The van der Waals surface area contributed by atoms with E-state index in [9.17, 15) is 9.59 Å². The van der Waals surface area contributed by atoms with Gasteiger partial charge in [0.25, 0.3) is 5.91 Å². The molecule has 1 heterocycles. The van der Waals surface area contributed by atoms with Crippen molar-refractivity contribution in [3.05, 3.63) is 88.1 Å². The van der Waals surface area contributed by atoms with E-state index in [2.05, 4.69) is 28.9 Å². The Balaban J connectivity index is 1.40. The number of rotatable bonds is 6. The molecule has 2 unspecified atom stereocenters. The van der Waals surface area contributed by atoms with Crippen molar-refractivity contribution in [1.29, 1.82) is 0 Å². The second-order valence-corrected chi connectivity index (χ2v) is 11.5. The van der Waals surface area contributed by atoms with E-state index in [0.717, 1.165) is 36.1 Å². The fourth-order valence-electron chi connectivity index (χ4n) is 6.25. The Hall–Kier alpha value is -3.05. The molecule has 1 aliphatic heterocycles. The maximum atomic E-state index is 13.9. The minimum absolute atomic E-state index is 0.0104. The molecule has 2 aliphatic carbocycles. The minimum atomic E-state index is -0.316. The summed E-state index contributed by atoms with van der Waals surface area (Å²) in [4.78, 5) is 29.6. The molecule has 1 saturated carbocycles. The molecule has 2 amide bonds. The van der Waals surface area contributed by atoms with Gasteiger partial charge in [0, 0.05) is 40.5 Å². The third kappa shape index (κ3) is 5.83. The monoisotopic (exact) mass is 531 g/mol. The van der Waals surface area contributed by atoms with Crippen LogP contribution in [0.1, 0.15) is 66.4 Å². The van der Waals surface area contributed by atoms with Gasteiger partial charge < -0.3 is 15.5 Å². The summed E-state index contributed by atoms with van der Waals surface area (Å²) in [6.45, 7) is 4.57. The number of benzene rings is 2. The normalized spacial score (nSPS) is 23.7. The minimum Gasteiger partial charge on any atom is -0.383 e. The lowest BCUT2D eigenvalue weighted by molar-refractivity contribution is -0.123. The first-order chi connectivity index (χ1) is 18.4. The first-order valence-electron chi connectivity index (χ1n) is 14.0. The number of likely N-dealkylation sites (tertiary alicyclic amines) is 1. The van der Waals surface area contributed by atoms with Crippen LogP contribution in [0, 0.1) is 25.7 Å². The summed E-state index contributed by atoms with van der Waals surface area (Å²) in [5, 5.41) is 7.42. The Kier molecular flexibility index (Phi) is 8.23. The number of nitrogens with zero attached hydrogens (tertiary/aromatic N) is 1. The molecule has 2 N–H and O–H groups in total. The number of piperidine rings is 1. The summed E-state index contributed by atoms with van der Waals surface area (Å²) in [6.07, 6.45) is 14.0. The van der Waals surface area contributed by atoms with E-state index in [1.807, 2.05) is 55.1 Å². The van der Waals surface area contributed by atoms with Crippen molar-refractivity contribution < 1.29 is 9.59 Å². The molecule has 0 bridgehead atoms. The topological polar surface area (TPSA) is 61.4 Å². The maximum absolute atomic E-state index is 13.9. The summed E-state index contributed by atoms with van der Waals surface area (Å²) in [5.41, 5.74) is 4.49. The van der Waals surface area contributed by atoms with Gasteiger partial charge >= 0.3 is 0 Å². The molecule has 200 valence electrons. The Morgan fingerprint density at radius 1 is 0.974 bits per heavy atom. The maximum Gasteiger partial charge on any atom is 0.254 e. The van der Waals surface area contributed by atoms with Gasteiger partial charge in [0.2, 0.25) is 5.91 Å². The number of hydrogen-bond donors (Lipinski definition) is 2. The average Bonchev–Trinajstić information content (AvgIpc) is 3.44. The van der Waals surface area contributed by atoms with Gasteiger partial charge in [-0.25, -0.2) is 0 Å². The van der Waals surface area contributed by atoms with Gasteiger partial charge in [-0.15, -0.1) is 0 Å². The highest BCUT2D eigenvalue weighted by molar-refractivity contribution is 6.31. The molecular weight excluding hydrogens is 494 g/mol. The van der Waals surface area contributed by atoms with Crippen molar-refractivity contribution in [3.63, 3.8) is 0 Å². The van der Waals surface area contributed by atoms with Crippen LogP contribution < -0.4 is 10.6 Å². The molecule has 0 spiro atoms. The van der Waals surface area contributed by atoms with E-state index in [0.29, 0.717) is 28.9 Å². The van der Waals surface area contributed by atoms with Gasteiger partial charge in [0.05, 0.1) is 12.0 Å². The van der Waals surface area contributed by atoms with Crippen LogP contribution in [0.15, 0.2) is 66.4 Å². The van der Waals surface area contributed by atoms with Gasteiger partial charge in [0.1, 0.15) is 0 Å². The summed E-state index contributed by atoms with van der Waals surface area (Å²) in [5.74, 6) is -0.292. The lowest BCUT2D eigenvalue weighted by Crippen LogP contribution is -2.55. The summed E-state index contributed by atoms with van der Waals surface area (Å²) in [7, 11) is 0. The highest BCUT2D eigenvalue weighted by Gasteiger charge is 2.42. The molecule has 3 aliphatic rings. The lowest BCUT2D eigenvalue weighted by Gasteiger charge is -2.44. The zero-order valence-corrected chi connectivity index (χ0v) is 23.1. The van der Waals surface area contributed by atoms with Crippen molar-refractivity contribution in [3.8, 4) is 0 Å². The van der Waals surface area contributed by atoms with Crippen LogP contribution in [-0.2, 0) is 4.79 Å². The van der Waals surface area contributed by atoms with Crippen molar-refractivity contribution in [2.45, 2.75) is 70.9 Å². The van der Waals surface area contributed by atoms with Gasteiger partial charge in [-0.3, -0.25) is 9.59 Å². The van der Waals surface area contributed by atoms with Crippen LogP contribution in [0.25, 0.3) is 0 Å². The van der Waals surface area contributed by atoms with Crippen molar-refractivity contribution >= 4 is 29.1 Å². The Morgan fingerprint density at radius 3 is 2.47 bits per heavy atom. The highest BCUT2D eigenvalue weighted by atomic mass is 35.5. The number of halogens is 1. The molecule has 0 aromatic heterocycles. The summed E-state index contributed by atoms with van der Waals surface area (Å²) >= 11 is 6.33. The van der Waals surface area contributed by atoms with Crippen LogP contribution in [0.2, 0.25) is 5.02 Å². The number of hydrogen-bond acceptors (Lipinski definition) is 3. The number of carbonyl (C=O) groups is 2. The molecule has 5 rings (SSSR count). The first kappa shape index (κ1) is 26.6. The fraction of sp³-hybridized carbons (Fsp3) is 0.438. The average molecular weight is 532 g/mol. The van der Waals surface area contributed by atoms with Crippen molar-refractivity contribution in [2.75, 3.05) is 11.9 Å². The second kappa shape index (κ2) is 11.8. The molecule has 2 aromatic carbocycles. The zero-order chi connectivity index (χ0) is 26.6. The second-order valence-electron chi connectivity index (χ2n) is 11.0. The van der Waals surface area contributed by atoms with E-state index in [1.54, 1.807) is 6.07 Å². The molecule has 6 heteroatoms. The van der Waals surface area contributed by atoms with Crippen LogP contribution in [0.5, 0.6) is 0 Å². The number of amides is 2. The Morgan fingerprint density at radius 2 is 1.76 bits per heavy atom. The first-order valence-corrected chi connectivity index (χ1v) is 14.4. The summed E-state index contributed by atoms with van der Waals surface area (Å²) in [6, 6.07) is 13.7. The van der Waals surface area contributed by atoms with E-state index >= 15 is 0 Å². The Labute approximate surface area is 231 Å². The van der Waals surface area contributed by atoms with Crippen LogP contribution >= 0.6 is 11.6 Å². The van der Waals surface area contributed by atoms with Gasteiger partial charge in [-0.05, 0) is 81.4 Å².